The number of esters is 1. The zero-order valence-corrected chi connectivity index (χ0v) is 15.0. The lowest BCUT2D eigenvalue weighted by molar-refractivity contribution is -0.140. The lowest BCUT2D eigenvalue weighted by atomic mass is 10.2. The quantitative estimate of drug-likeness (QED) is 0.755. The molecule has 0 aliphatic rings. The first-order valence-corrected chi connectivity index (χ1v) is 8.13. The Kier molecular flexibility index (Phi) is 5.96. The molecule has 0 fully saturated rings. The number of carbonyl (C=O) groups is 2. The minimum absolute atomic E-state index is 0.152. The number of hydrogen-bond acceptors (Lipinski definition) is 3. The van der Waals surface area contributed by atoms with E-state index in [0.717, 1.165) is 5.69 Å². The normalized spacial score (nSPS) is 10.6. The Hall–Kier alpha value is -2.63. The molecule has 1 aromatic carbocycles. The van der Waals surface area contributed by atoms with Gasteiger partial charge >= 0.3 is 5.97 Å². The molecule has 0 unspecified atom stereocenters. The van der Waals surface area contributed by atoms with Crippen LogP contribution in [-0.2, 0) is 9.53 Å². The molecule has 1 heterocycles. The van der Waals surface area contributed by atoms with Gasteiger partial charge in [0.25, 0.3) is 5.91 Å². The van der Waals surface area contributed by atoms with Crippen LogP contribution in [0.2, 0.25) is 0 Å². The van der Waals surface area contributed by atoms with E-state index in [-0.39, 0.29) is 24.1 Å². The summed E-state index contributed by atoms with van der Waals surface area (Å²) in [5.41, 5.74) is 2.42. The Morgan fingerprint density at radius 2 is 1.92 bits per heavy atom. The van der Waals surface area contributed by atoms with E-state index < -0.39 is 0 Å². The molecule has 25 heavy (non-hydrogen) atoms. The molecule has 0 aliphatic carbocycles. The van der Waals surface area contributed by atoms with Gasteiger partial charge in [0.05, 0.1) is 18.4 Å². The molecule has 0 saturated heterocycles. The van der Waals surface area contributed by atoms with Gasteiger partial charge in [-0.2, -0.15) is 0 Å². The molecule has 1 aromatic heterocycles. The summed E-state index contributed by atoms with van der Waals surface area (Å²) in [7, 11) is 3.03. The molecule has 6 heteroatoms. The number of benzene rings is 1. The molecule has 0 radical (unpaired) electrons. The first-order valence-electron chi connectivity index (χ1n) is 8.13. The molecule has 0 aliphatic heterocycles. The summed E-state index contributed by atoms with van der Waals surface area (Å²) in [5.74, 6) is -0.783. The third kappa shape index (κ3) is 4.07. The number of carbonyl (C=O) groups excluding carboxylic acids is 2. The van der Waals surface area contributed by atoms with Crippen LogP contribution in [0.5, 0.6) is 0 Å². The first kappa shape index (κ1) is 18.7. The van der Waals surface area contributed by atoms with E-state index in [1.807, 2.05) is 6.92 Å². The Bertz CT molecular complexity index is 783. The van der Waals surface area contributed by atoms with Crippen molar-refractivity contribution in [3.63, 3.8) is 0 Å². The van der Waals surface area contributed by atoms with Crippen molar-refractivity contribution in [2.45, 2.75) is 26.7 Å². The van der Waals surface area contributed by atoms with E-state index in [9.17, 15) is 14.0 Å². The van der Waals surface area contributed by atoms with Crippen LogP contribution in [0.4, 0.5) is 4.39 Å². The molecule has 1 amide bonds. The van der Waals surface area contributed by atoms with Crippen LogP contribution < -0.4 is 0 Å². The predicted molar refractivity (Wildman–Crippen MR) is 93.4 cm³/mol. The van der Waals surface area contributed by atoms with Gasteiger partial charge in [0.15, 0.2) is 0 Å². The van der Waals surface area contributed by atoms with Crippen molar-refractivity contribution in [2.75, 3.05) is 20.7 Å². The SMILES string of the molecule is COC(=O)CCCN(C)C(=O)c1cc(C)n(-c2ccccc2F)c1C. The van der Waals surface area contributed by atoms with E-state index in [1.165, 1.54) is 13.2 Å². The Labute approximate surface area is 147 Å². The molecule has 0 atom stereocenters. The summed E-state index contributed by atoms with van der Waals surface area (Å²) < 4.78 is 20.5. The minimum atomic E-state index is -0.338. The highest BCUT2D eigenvalue weighted by Crippen LogP contribution is 2.23. The number of aryl methyl sites for hydroxylation is 1. The van der Waals surface area contributed by atoms with Gasteiger partial charge in [-0.15, -0.1) is 0 Å². The molecule has 0 N–H and O–H groups in total. The average Bonchev–Trinajstić information content (AvgIpc) is 2.89. The second-order valence-electron chi connectivity index (χ2n) is 5.98. The highest BCUT2D eigenvalue weighted by molar-refractivity contribution is 5.95. The fraction of sp³-hybridized carbons (Fsp3) is 0.368. The van der Waals surface area contributed by atoms with Crippen LogP contribution in [0, 0.1) is 19.7 Å². The minimum Gasteiger partial charge on any atom is -0.469 e. The number of nitrogens with zero attached hydrogens (tertiary/aromatic N) is 2. The van der Waals surface area contributed by atoms with E-state index in [1.54, 1.807) is 47.7 Å². The topological polar surface area (TPSA) is 51.5 Å². The lowest BCUT2D eigenvalue weighted by Gasteiger charge is -2.17. The van der Waals surface area contributed by atoms with Gasteiger partial charge < -0.3 is 14.2 Å². The van der Waals surface area contributed by atoms with Crippen LogP contribution in [0.15, 0.2) is 30.3 Å². The highest BCUT2D eigenvalue weighted by Gasteiger charge is 2.20. The molecule has 2 aromatic rings. The molecule has 0 spiro atoms. The van der Waals surface area contributed by atoms with Crippen molar-refractivity contribution >= 4 is 11.9 Å². The first-order chi connectivity index (χ1) is 11.9. The number of methoxy groups -OCH3 is 1. The maximum absolute atomic E-state index is 14.1. The molecule has 134 valence electrons. The van der Waals surface area contributed by atoms with Crippen LogP contribution in [0.3, 0.4) is 0 Å². The standard InChI is InChI=1S/C19H23FN2O3/c1-13-12-15(19(24)21(3)11-7-10-18(23)25-4)14(2)22(13)17-9-6-5-8-16(17)20/h5-6,8-9,12H,7,10-11H2,1-4H3. The van der Waals surface area contributed by atoms with E-state index >= 15 is 0 Å². The number of para-hydroxylation sites is 1. The van der Waals surface area contributed by atoms with Crippen LogP contribution in [0.25, 0.3) is 5.69 Å². The molecule has 0 saturated carbocycles. The van der Waals surface area contributed by atoms with Gasteiger partial charge in [-0.3, -0.25) is 9.59 Å². The number of amides is 1. The average molecular weight is 346 g/mol. The van der Waals surface area contributed by atoms with Crippen LogP contribution in [-0.4, -0.2) is 42.0 Å². The van der Waals surface area contributed by atoms with Crippen molar-refractivity contribution in [3.8, 4) is 5.69 Å². The summed E-state index contributed by atoms with van der Waals surface area (Å²) in [5, 5.41) is 0. The molecule has 2 rings (SSSR count). The molecule has 0 bridgehead atoms. The maximum atomic E-state index is 14.1. The van der Waals surface area contributed by atoms with Gasteiger partial charge in [0.2, 0.25) is 0 Å². The Balaban J connectivity index is 2.20. The molecular formula is C19H23FN2O3. The second kappa shape index (κ2) is 7.96. The van der Waals surface area contributed by atoms with Gasteiger partial charge in [-0.05, 0) is 38.5 Å². The van der Waals surface area contributed by atoms with Crippen LogP contribution in [0.1, 0.15) is 34.6 Å². The van der Waals surface area contributed by atoms with E-state index in [0.29, 0.717) is 29.9 Å². The fourth-order valence-electron chi connectivity index (χ4n) is 2.85. The Morgan fingerprint density at radius 3 is 2.56 bits per heavy atom. The van der Waals surface area contributed by atoms with E-state index in [4.69, 9.17) is 0 Å². The number of rotatable bonds is 6. The summed E-state index contributed by atoms with van der Waals surface area (Å²) >= 11 is 0. The predicted octanol–water partition coefficient (Wildman–Crippen LogP) is 3.26. The number of halogens is 1. The second-order valence-corrected chi connectivity index (χ2v) is 5.98. The summed E-state index contributed by atoms with van der Waals surface area (Å²) in [6, 6.07) is 8.24. The Morgan fingerprint density at radius 1 is 1.24 bits per heavy atom. The fourth-order valence-corrected chi connectivity index (χ4v) is 2.85. The van der Waals surface area contributed by atoms with Crippen molar-refractivity contribution in [1.29, 1.82) is 0 Å². The third-order valence-corrected chi connectivity index (χ3v) is 4.20. The zero-order valence-electron chi connectivity index (χ0n) is 15.0. The summed E-state index contributed by atoms with van der Waals surface area (Å²) in [6.07, 6.45) is 0.795. The highest BCUT2D eigenvalue weighted by atomic mass is 19.1. The van der Waals surface area contributed by atoms with Gasteiger partial charge in [0, 0.05) is 31.4 Å². The van der Waals surface area contributed by atoms with Gasteiger partial charge in [-0.25, -0.2) is 4.39 Å². The van der Waals surface area contributed by atoms with Crippen molar-refractivity contribution < 1.29 is 18.7 Å². The monoisotopic (exact) mass is 346 g/mol. The largest absolute Gasteiger partial charge is 0.469 e. The van der Waals surface area contributed by atoms with Crippen molar-refractivity contribution in [2.24, 2.45) is 0 Å². The summed E-state index contributed by atoms with van der Waals surface area (Å²) in [4.78, 5) is 25.4. The summed E-state index contributed by atoms with van der Waals surface area (Å²) in [6.45, 7) is 4.08. The zero-order chi connectivity index (χ0) is 18.6. The van der Waals surface area contributed by atoms with E-state index in [2.05, 4.69) is 4.74 Å². The van der Waals surface area contributed by atoms with Crippen molar-refractivity contribution in [3.05, 3.63) is 53.1 Å². The van der Waals surface area contributed by atoms with Crippen molar-refractivity contribution in [1.82, 2.24) is 9.47 Å². The van der Waals surface area contributed by atoms with Gasteiger partial charge in [0.1, 0.15) is 5.82 Å². The smallest absolute Gasteiger partial charge is 0.305 e. The van der Waals surface area contributed by atoms with Crippen LogP contribution >= 0.6 is 0 Å². The molecule has 5 nitrogen and oxygen atoms in total. The maximum Gasteiger partial charge on any atom is 0.305 e. The lowest BCUT2D eigenvalue weighted by Crippen LogP contribution is -2.28. The number of aromatic nitrogens is 1. The third-order valence-electron chi connectivity index (χ3n) is 4.20. The number of hydrogen-bond donors (Lipinski definition) is 0. The molecular weight excluding hydrogens is 323 g/mol. The number of ether oxygens (including phenoxy) is 1. The van der Waals surface area contributed by atoms with Gasteiger partial charge in [-0.1, -0.05) is 12.1 Å².